The van der Waals surface area contributed by atoms with E-state index >= 15 is 0 Å². The molecular weight excluding hydrogens is 205 g/mol. The first-order valence-electron chi connectivity index (χ1n) is 4.28. The Hall–Kier alpha value is -0.930. The molecule has 0 amide bonds. The van der Waals surface area contributed by atoms with Crippen LogP contribution in [0.15, 0.2) is 18.2 Å². The van der Waals surface area contributed by atoms with Gasteiger partial charge in [0.05, 0.1) is 5.56 Å². The third-order valence-electron chi connectivity index (χ3n) is 1.83. The van der Waals surface area contributed by atoms with Gasteiger partial charge in [0.1, 0.15) is 5.82 Å². The van der Waals surface area contributed by atoms with E-state index in [1.54, 1.807) is 7.05 Å². The summed E-state index contributed by atoms with van der Waals surface area (Å²) in [6.45, 7) is 0.543. The van der Waals surface area contributed by atoms with Crippen LogP contribution in [-0.4, -0.2) is 19.4 Å². The molecule has 0 spiro atoms. The molecule has 1 aromatic rings. The highest BCUT2D eigenvalue weighted by molar-refractivity contribution is 6.30. The third-order valence-corrected chi connectivity index (χ3v) is 2.07. The highest BCUT2D eigenvalue weighted by Crippen LogP contribution is 2.15. The summed E-state index contributed by atoms with van der Waals surface area (Å²) in [4.78, 5) is 11.4. The molecule has 0 radical (unpaired) electrons. The predicted octanol–water partition coefficient (Wildman–Crippen LogP) is 2.27. The molecule has 4 heteroatoms. The van der Waals surface area contributed by atoms with E-state index in [0.29, 0.717) is 11.6 Å². The zero-order valence-corrected chi connectivity index (χ0v) is 8.57. The second-order valence-electron chi connectivity index (χ2n) is 2.90. The van der Waals surface area contributed by atoms with Crippen molar-refractivity contribution in [2.45, 2.75) is 6.42 Å². The first-order chi connectivity index (χ1) is 6.65. The molecular formula is C10H11ClFNO. The van der Waals surface area contributed by atoms with E-state index in [1.807, 2.05) is 0 Å². The van der Waals surface area contributed by atoms with Gasteiger partial charge in [-0.25, -0.2) is 4.39 Å². The number of carbonyl (C=O) groups is 1. The van der Waals surface area contributed by atoms with Crippen LogP contribution in [0.25, 0.3) is 0 Å². The Balaban J connectivity index is 2.80. The minimum absolute atomic E-state index is 0.102. The van der Waals surface area contributed by atoms with Crippen molar-refractivity contribution in [3.63, 3.8) is 0 Å². The van der Waals surface area contributed by atoms with Gasteiger partial charge in [-0.1, -0.05) is 11.6 Å². The van der Waals surface area contributed by atoms with Crippen LogP contribution >= 0.6 is 11.6 Å². The summed E-state index contributed by atoms with van der Waals surface area (Å²) in [5.74, 6) is -0.771. The number of Topliss-reactive ketones (excluding diaryl/α,β-unsaturated/α-hetero) is 1. The topological polar surface area (TPSA) is 29.1 Å². The van der Waals surface area contributed by atoms with Crippen molar-refractivity contribution < 1.29 is 9.18 Å². The number of rotatable bonds is 4. The second-order valence-corrected chi connectivity index (χ2v) is 3.34. The number of hydrogen-bond donors (Lipinski definition) is 1. The highest BCUT2D eigenvalue weighted by atomic mass is 35.5. The zero-order valence-electron chi connectivity index (χ0n) is 7.81. The van der Waals surface area contributed by atoms with Crippen LogP contribution in [0.5, 0.6) is 0 Å². The van der Waals surface area contributed by atoms with Crippen molar-refractivity contribution >= 4 is 17.4 Å². The number of halogens is 2. The minimum atomic E-state index is -0.557. The van der Waals surface area contributed by atoms with Crippen molar-refractivity contribution in [1.82, 2.24) is 5.32 Å². The molecule has 0 bridgehead atoms. The number of carbonyl (C=O) groups excluding carboxylic acids is 1. The Labute approximate surface area is 87.1 Å². The fourth-order valence-corrected chi connectivity index (χ4v) is 1.25. The molecule has 0 aliphatic heterocycles. The Morgan fingerprint density at radius 3 is 2.86 bits per heavy atom. The molecule has 0 heterocycles. The van der Waals surface area contributed by atoms with Crippen LogP contribution in [0, 0.1) is 5.82 Å². The molecule has 14 heavy (non-hydrogen) atoms. The van der Waals surface area contributed by atoms with Crippen molar-refractivity contribution in [2.24, 2.45) is 0 Å². The molecule has 1 rings (SSSR count). The van der Waals surface area contributed by atoms with Crippen LogP contribution in [0.1, 0.15) is 16.8 Å². The lowest BCUT2D eigenvalue weighted by atomic mass is 10.1. The lowest BCUT2D eigenvalue weighted by molar-refractivity contribution is 0.0979. The van der Waals surface area contributed by atoms with Gasteiger partial charge in [0.25, 0.3) is 0 Å². The predicted molar refractivity (Wildman–Crippen MR) is 54.3 cm³/mol. The quantitative estimate of drug-likeness (QED) is 0.781. The van der Waals surface area contributed by atoms with Crippen molar-refractivity contribution in [3.8, 4) is 0 Å². The smallest absolute Gasteiger partial charge is 0.167 e. The summed E-state index contributed by atoms with van der Waals surface area (Å²) >= 11 is 5.56. The van der Waals surface area contributed by atoms with Crippen LogP contribution in [0.3, 0.4) is 0 Å². The Morgan fingerprint density at radius 2 is 2.29 bits per heavy atom. The van der Waals surface area contributed by atoms with Gasteiger partial charge in [-0.3, -0.25) is 4.79 Å². The number of ketones is 1. The fraction of sp³-hybridized carbons (Fsp3) is 0.300. The Kier molecular flexibility index (Phi) is 4.04. The molecule has 1 N–H and O–H groups in total. The molecule has 0 saturated heterocycles. The summed E-state index contributed by atoms with van der Waals surface area (Å²) in [5.41, 5.74) is 0.102. The number of hydrogen-bond acceptors (Lipinski definition) is 2. The number of nitrogens with one attached hydrogen (secondary N) is 1. The van der Waals surface area contributed by atoms with E-state index in [2.05, 4.69) is 5.32 Å². The maximum absolute atomic E-state index is 13.2. The molecule has 1 aromatic carbocycles. The van der Waals surface area contributed by atoms with Gasteiger partial charge in [-0.2, -0.15) is 0 Å². The SMILES string of the molecule is CNCCC(=O)c1ccc(Cl)cc1F. The average molecular weight is 216 g/mol. The summed E-state index contributed by atoms with van der Waals surface area (Å²) in [7, 11) is 1.74. The van der Waals surface area contributed by atoms with Crippen molar-refractivity contribution in [3.05, 3.63) is 34.6 Å². The van der Waals surface area contributed by atoms with Crippen LogP contribution < -0.4 is 5.32 Å². The first kappa shape index (κ1) is 11.1. The Bertz CT molecular complexity index is 341. The summed E-state index contributed by atoms with van der Waals surface area (Å²) in [6.07, 6.45) is 0.287. The van der Waals surface area contributed by atoms with E-state index in [1.165, 1.54) is 12.1 Å². The lowest BCUT2D eigenvalue weighted by Crippen LogP contribution is -2.13. The minimum Gasteiger partial charge on any atom is -0.319 e. The monoisotopic (exact) mass is 215 g/mol. The van der Waals surface area contributed by atoms with Gasteiger partial charge >= 0.3 is 0 Å². The zero-order chi connectivity index (χ0) is 10.6. The maximum atomic E-state index is 13.2. The molecule has 76 valence electrons. The van der Waals surface area contributed by atoms with E-state index in [4.69, 9.17) is 11.6 Å². The van der Waals surface area contributed by atoms with Gasteiger partial charge in [-0.05, 0) is 25.2 Å². The average Bonchev–Trinajstić information content (AvgIpc) is 2.14. The fourth-order valence-electron chi connectivity index (χ4n) is 1.09. The van der Waals surface area contributed by atoms with E-state index in [9.17, 15) is 9.18 Å². The van der Waals surface area contributed by atoms with Crippen molar-refractivity contribution in [2.75, 3.05) is 13.6 Å². The molecule has 2 nitrogen and oxygen atoms in total. The summed E-state index contributed by atoms with van der Waals surface area (Å²) in [6, 6.07) is 4.07. The van der Waals surface area contributed by atoms with Gasteiger partial charge in [0.2, 0.25) is 0 Å². The van der Waals surface area contributed by atoms with Gasteiger partial charge in [0, 0.05) is 18.0 Å². The maximum Gasteiger partial charge on any atom is 0.167 e. The standard InChI is InChI=1S/C10H11ClFNO/c1-13-5-4-10(14)8-3-2-7(11)6-9(8)12/h2-3,6,13H,4-5H2,1H3. The molecule has 0 fully saturated rings. The van der Waals surface area contributed by atoms with Crippen LogP contribution in [0.2, 0.25) is 5.02 Å². The van der Waals surface area contributed by atoms with Gasteiger partial charge in [-0.15, -0.1) is 0 Å². The highest BCUT2D eigenvalue weighted by Gasteiger charge is 2.10. The summed E-state index contributed by atoms with van der Waals surface area (Å²) in [5, 5.41) is 3.13. The number of benzene rings is 1. The van der Waals surface area contributed by atoms with Crippen LogP contribution in [-0.2, 0) is 0 Å². The molecule has 0 aromatic heterocycles. The van der Waals surface area contributed by atoms with E-state index < -0.39 is 5.82 Å². The first-order valence-corrected chi connectivity index (χ1v) is 4.66. The Morgan fingerprint density at radius 1 is 1.57 bits per heavy atom. The van der Waals surface area contributed by atoms with E-state index in [-0.39, 0.29) is 17.8 Å². The van der Waals surface area contributed by atoms with Gasteiger partial charge in [0.15, 0.2) is 5.78 Å². The molecule has 0 unspecified atom stereocenters. The van der Waals surface area contributed by atoms with E-state index in [0.717, 1.165) is 6.07 Å². The van der Waals surface area contributed by atoms with Crippen LogP contribution in [0.4, 0.5) is 4.39 Å². The second kappa shape index (κ2) is 5.08. The molecule has 0 aliphatic carbocycles. The lowest BCUT2D eigenvalue weighted by Gasteiger charge is -2.02. The molecule has 0 aliphatic rings. The molecule has 0 atom stereocenters. The normalized spacial score (nSPS) is 10.2. The molecule has 0 saturated carbocycles. The third kappa shape index (κ3) is 2.79. The van der Waals surface area contributed by atoms with Gasteiger partial charge < -0.3 is 5.32 Å². The van der Waals surface area contributed by atoms with Crippen molar-refractivity contribution in [1.29, 1.82) is 0 Å². The largest absolute Gasteiger partial charge is 0.319 e. The summed E-state index contributed by atoms with van der Waals surface area (Å²) < 4.78 is 13.2.